The summed E-state index contributed by atoms with van der Waals surface area (Å²) >= 11 is 0. The van der Waals surface area contributed by atoms with Crippen LogP contribution in [0.5, 0.6) is 11.6 Å². The van der Waals surface area contributed by atoms with E-state index in [0.29, 0.717) is 28.3 Å². The first-order chi connectivity index (χ1) is 12.9. The van der Waals surface area contributed by atoms with Crippen LogP contribution in [0.3, 0.4) is 0 Å². The van der Waals surface area contributed by atoms with E-state index >= 15 is 0 Å². The van der Waals surface area contributed by atoms with Crippen LogP contribution in [0.15, 0.2) is 42.7 Å². The molecule has 0 unspecified atom stereocenters. The van der Waals surface area contributed by atoms with Crippen molar-refractivity contribution in [1.82, 2.24) is 9.55 Å². The van der Waals surface area contributed by atoms with E-state index < -0.39 is 11.7 Å². The molecule has 2 aromatic heterocycles. The Hall–Kier alpha value is -3.35. The molecule has 3 aromatic rings. The highest BCUT2D eigenvalue weighted by Crippen LogP contribution is 2.29. The molecule has 0 aliphatic heterocycles. The molecule has 0 saturated heterocycles. The number of amides is 1. The molecule has 1 amide bonds. The second-order valence-electron chi connectivity index (χ2n) is 6.30. The molecule has 140 valence electrons. The van der Waals surface area contributed by atoms with Gasteiger partial charge in [0.05, 0.1) is 37.2 Å². The fourth-order valence-corrected chi connectivity index (χ4v) is 2.85. The van der Waals surface area contributed by atoms with Gasteiger partial charge in [0, 0.05) is 29.8 Å². The number of rotatable bonds is 6. The number of hydrogen-bond acceptors (Lipinski definition) is 5. The number of nitrogens with one attached hydrogen (secondary N) is 1. The number of carbonyl (C=O) groups is 2. The normalized spacial score (nSPS) is 10.9. The highest BCUT2D eigenvalue weighted by molar-refractivity contribution is 6.48. The van der Waals surface area contributed by atoms with Gasteiger partial charge in [0.15, 0.2) is 0 Å². The zero-order valence-corrected chi connectivity index (χ0v) is 15.6. The predicted octanol–water partition coefficient (Wildman–Crippen LogP) is 3.46. The molecule has 1 N–H and O–H groups in total. The van der Waals surface area contributed by atoms with Gasteiger partial charge < -0.3 is 19.4 Å². The first kappa shape index (κ1) is 18.4. The van der Waals surface area contributed by atoms with Gasteiger partial charge in [-0.3, -0.25) is 9.59 Å². The lowest BCUT2D eigenvalue weighted by Crippen LogP contribution is -2.22. The molecule has 0 atom stereocenters. The van der Waals surface area contributed by atoms with Crippen LogP contribution in [0.25, 0.3) is 10.9 Å². The molecule has 7 heteroatoms. The molecule has 1 aromatic carbocycles. The third-order valence-electron chi connectivity index (χ3n) is 4.25. The summed E-state index contributed by atoms with van der Waals surface area (Å²) in [5, 5.41) is 3.28. The molecule has 0 bridgehead atoms. The lowest BCUT2D eigenvalue weighted by Gasteiger charge is -2.09. The number of Topliss-reactive ketones (excluding diaryl/α,β-unsaturated/α-hetero) is 1. The monoisotopic (exact) mass is 367 g/mol. The predicted molar refractivity (Wildman–Crippen MR) is 103 cm³/mol. The molecule has 27 heavy (non-hydrogen) atoms. The number of ketones is 1. The average Bonchev–Trinajstić information content (AvgIpc) is 3.06. The van der Waals surface area contributed by atoms with Gasteiger partial charge in [-0.25, -0.2) is 4.98 Å². The fourth-order valence-electron chi connectivity index (χ4n) is 2.85. The molecular weight excluding hydrogens is 346 g/mol. The molecule has 0 spiro atoms. The Labute approximate surface area is 156 Å². The number of ether oxygens (including phenoxy) is 2. The number of benzene rings is 1. The van der Waals surface area contributed by atoms with E-state index in [9.17, 15) is 9.59 Å². The minimum Gasteiger partial charge on any atom is -0.497 e. The summed E-state index contributed by atoms with van der Waals surface area (Å²) in [5.41, 5.74) is 1.61. The molecule has 2 heterocycles. The highest BCUT2D eigenvalue weighted by atomic mass is 16.5. The van der Waals surface area contributed by atoms with Crippen LogP contribution in [0.4, 0.5) is 5.69 Å². The number of carbonyl (C=O) groups excluding carboxylic acids is 2. The lowest BCUT2D eigenvalue weighted by molar-refractivity contribution is -0.112. The Morgan fingerprint density at radius 2 is 1.89 bits per heavy atom. The first-order valence-electron chi connectivity index (χ1n) is 8.49. The van der Waals surface area contributed by atoms with Crippen molar-refractivity contribution >= 4 is 28.3 Å². The van der Waals surface area contributed by atoms with Gasteiger partial charge >= 0.3 is 0 Å². The average molecular weight is 367 g/mol. The van der Waals surface area contributed by atoms with Crippen molar-refractivity contribution in [2.45, 2.75) is 19.9 Å². The zero-order valence-electron chi connectivity index (χ0n) is 15.6. The number of nitrogens with zero attached hydrogens (tertiary/aromatic N) is 2. The number of pyridine rings is 1. The first-order valence-corrected chi connectivity index (χ1v) is 8.49. The van der Waals surface area contributed by atoms with Crippen molar-refractivity contribution in [3.05, 3.63) is 48.3 Å². The number of methoxy groups -OCH3 is 2. The maximum absolute atomic E-state index is 12.8. The number of anilines is 1. The van der Waals surface area contributed by atoms with Crippen LogP contribution in [0.1, 0.15) is 30.2 Å². The fraction of sp³-hybridized carbons (Fsp3) is 0.250. The van der Waals surface area contributed by atoms with Gasteiger partial charge in [0.2, 0.25) is 5.88 Å². The molecule has 0 radical (unpaired) electrons. The third-order valence-corrected chi connectivity index (χ3v) is 4.25. The summed E-state index contributed by atoms with van der Waals surface area (Å²) in [7, 11) is 3.09. The lowest BCUT2D eigenvalue weighted by atomic mass is 10.1. The van der Waals surface area contributed by atoms with Crippen molar-refractivity contribution in [1.29, 1.82) is 0 Å². The van der Waals surface area contributed by atoms with E-state index in [4.69, 9.17) is 9.47 Å². The van der Waals surface area contributed by atoms with Crippen LogP contribution >= 0.6 is 0 Å². The number of hydrogen-bond donors (Lipinski definition) is 1. The van der Waals surface area contributed by atoms with Crippen molar-refractivity contribution in [3.8, 4) is 11.6 Å². The Bertz CT molecular complexity index is 990. The summed E-state index contributed by atoms with van der Waals surface area (Å²) in [6.45, 7) is 4.02. The van der Waals surface area contributed by atoms with Crippen LogP contribution in [0.2, 0.25) is 0 Å². The second-order valence-corrected chi connectivity index (χ2v) is 6.30. The van der Waals surface area contributed by atoms with E-state index in [1.807, 2.05) is 24.5 Å². The Kier molecular flexibility index (Phi) is 5.12. The van der Waals surface area contributed by atoms with E-state index in [0.717, 1.165) is 5.52 Å². The molecule has 0 aliphatic carbocycles. The van der Waals surface area contributed by atoms with Crippen LogP contribution in [0, 0.1) is 0 Å². The Morgan fingerprint density at radius 3 is 2.48 bits per heavy atom. The summed E-state index contributed by atoms with van der Waals surface area (Å²) in [4.78, 5) is 29.2. The minimum atomic E-state index is -0.722. The quantitative estimate of drug-likeness (QED) is 0.533. The zero-order chi connectivity index (χ0) is 19.6. The summed E-state index contributed by atoms with van der Waals surface area (Å²) < 4.78 is 12.2. The second kappa shape index (κ2) is 7.49. The largest absolute Gasteiger partial charge is 0.497 e. The number of fused-ring (bicyclic) bond motifs is 1. The van der Waals surface area contributed by atoms with Crippen LogP contribution < -0.4 is 14.8 Å². The van der Waals surface area contributed by atoms with Gasteiger partial charge in [-0.2, -0.15) is 0 Å². The Morgan fingerprint density at radius 1 is 1.11 bits per heavy atom. The van der Waals surface area contributed by atoms with Crippen LogP contribution in [-0.4, -0.2) is 35.5 Å². The van der Waals surface area contributed by atoms with E-state index in [1.165, 1.54) is 13.3 Å². The maximum Gasteiger partial charge on any atom is 0.296 e. The SMILES string of the molecule is COc1ccc2c(C(=O)C(=O)Nc3ccc(OC)nc3)cn(C(C)C)c2c1. The molecule has 0 aliphatic rings. The van der Waals surface area contributed by atoms with Gasteiger partial charge in [0.25, 0.3) is 11.7 Å². The van der Waals surface area contributed by atoms with E-state index in [1.54, 1.807) is 37.6 Å². The van der Waals surface area contributed by atoms with Gasteiger partial charge in [0.1, 0.15) is 5.75 Å². The standard InChI is InChI=1S/C20H21N3O4/c1-12(2)23-11-16(15-7-6-14(26-3)9-17(15)23)19(24)20(25)22-13-5-8-18(27-4)21-10-13/h5-12H,1-4H3,(H,22,25). The highest BCUT2D eigenvalue weighted by Gasteiger charge is 2.23. The molecule has 0 saturated carbocycles. The molecular formula is C20H21N3O4. The van der Waals surface area contributed by atoms with Gasteiger partial charge in [-0.05, 0) is 32.0 Å². The van der Waals surface area contributed by atoms with E-state index in [2.05, 4.69) is 10.3 Å². The topological polar surface area (TPSA) is 82.5 Å². The van der Waals surface area contributed by atoms with Gasteiger partial charge in [-0.15, -0.1) is 0 Å². The molecule has 0 fully saturated rings. The Balaban J connectivity index is 1.93. The van der Waals surface area contributed by atoms with E-state index in [-0.39, 0.29) is 6.04 Å². The third kappa shape index (κ3) is 3.62. The minimum absolute atomic E-state index is 0.120. The summed E-state index contributed by atoms with van der Waals surface area (Å²) in [5.74, 6) is -0.218. The van der Waals surface area contributed by atoms with Crippen molar-refractivity contribution in [3.63, 3.8) is 0 Å². The van der Waals surface area contributed by atoms with Crippen LogP contribution in [-0.2, 0) is 4.79 Å². The van der Waals surface area contributed by atoms with Crippen molar-refractivity contribution < 1.29 is 19.1 Å². The summed E-state index contributed by atoms with van der Waals surface area (Å²) in [6.07, 6.45) is 3.15. The summed E-state index contributed by atoms with van der Waals surface area (Å²) in [6, 6.07) is 8.78. The van der Waals surface area contributed by atoms with Crippen molar-refractivity contribution in [2.75, 3.05) is 19.5 Å². The smallest absolute Gasteiger partial charge is 0.296 e. The number of aromatic nitrogens is 2. The maximum atomic E-state index is 12.8. The van der Waals surface area contributed by atoms with Gasteiger partial charge in [-0.1, -0.05) is 0 Å². The molecule has 7 nitrogen and oxygen atoms in total. The van der Waals surface area contributed by atoms with Crippen molar-refractivity contribution in [2.24, 2.45) is 0 Å². The molecule has 3 rings (SSSR count).